The maximum atomic E-state index is 13.4. The van der Waals surface area contributed by atoms with Gasteiger partial charge in [0.15, 0.2) is 11.5 Å². The van der Waals surface area contributed by atoms with Gasteiger partial charge in [0.05, 0.1) is 4.90 Å². The van der Waals surface area contributed by atoms with Crippen LogP contribution in [0, 0.1) is 5.82 Å². The second-order valence-electron chi connectivity index (χ2n) is 7.16. The zero-order valence-corrected chi connectivity index (χ0v) is 19.3. The maximum Gasteiger partial charge on any atom is 0.234 e. The molecule has 0 aliphatic carbocycles. The minimum atomic E-state index is -4.00. The highest BCUT2D eigenvalue weighted by atomic mass is 79.9. The number of fused-ring (bicyclic) bond motifs is 1. The van der Waals surface area contributed by atoms with Gasteiger partial charge in [0.25, 0.3) is 0 Å². The minimum Gasteiger partial charge on any atom is -0.454 e. The van der Waals surface area contributed by atoms with Crippen LogP contribution >= 0.6 is 15.9 Å². The van der Waals surface area contributed by atoms with Crippen molar-refractivity contribution in [1.82, 2.24) is 4.98 Å². The molecule has 1 aliphatic heterocycles. The lowest BCUT2D eigenvalue weighted by Gasteiger charge is -2.07. The molecule has 5 rings (SSSR count). The van der Waals surface area contributed by atoms with Gasteiger partial charge in [0, 0.05) is 16.6 Å². The van der Waals surface area contributed by atoms with Gasteiger partial charge in [-0.1, -0.05) is 22.0 Å². The number of sulfone groups is 1. The Morgan fingerprint density at radius 2 is 1.70 bits per heavy atom. The van der Waals surface area contributed by atoms with Gasteiger partial charge >= 0.3 is 0 Å². The fourth-order valence-corrected chi connectivity index (χ4v) is 4.82. The summed E-state index contributed by atoms with van der Waals surface area (Å²) in [6.45, 7) is 0.405. The number of nitrogens with one attached hydrogen (secondary N) is 1. The van der Waals surface area contributed by atoms with Crippen molar-refractivity contribution in [2.75, 3.05) is 12.1 Å². The highest BCUT2D eigenvalue weighted by Crippen LogP contribution is 2.35. The van der Waals surface area contributed by atoms with Crippen LogP contribution in [-0.2, 0) is 16.4 Å². The van der Waals surface area contributed by atoms with Crippen LogP contribution in [0.25, 0.3) is 11.5 Å². The van der Waals surface area contributed by atoms with E-state index in [1.54, 1.807) is 24.3 Å². The average molecular weight is 531 g/mol. The third kappa shape index (κ3) is 4.31. The predicted molar refractivity (Wildman–Crippen MR) is 121 cm³/mol. The Kier molecular flexibility index (Phi) is 5.55. The van der Waals surface area contributed by atoms with Crippen molar-refractivity contribution in [2.24, 2.45) is 0 Å². The largest absolute Gasteiger partial charge is 0.454 e. The van der Waals surface area contributed by atoms with E-state index in [0.29, 0.717) is 17.1 Å². The lowest BCUT2D eigenvalue weighted by Crippen LogP contribution is -2.07. The van der Waals surface area contributed by atoms with E-state index in [1.807, 2.05) is 6.07 Å². The molecule has 0 unspecified atom stereocenters. The molecule has 0 fully saturated rings. The van der Waals surface area contributed by atoms with Gasteiger partial charge in [-0.25, -0.2) is 12.8 Å². The Balaban J connectivity index is 1.52. The van der Waals surface area contributed by atoms with Gasteiger partial charge in [0.2, 0.25) is 33.4 Å². The van der Waals surface area contributed by atoms with Crippen molar-refractivity contribution in [1.29, 1.82) is 0 Å². The van der Waals surface area contributed by atoms with Crippen molar-refractivity contribution in [2.45, 2.75) is 16.5 Å². The van der Waals surface area contributed by atoms with Crippen LogP contribution in [0.1, 0.15) is 5.56 Å². The Bertz CT molecular complexity index is 1420. The number of nitrogens with zero attached hydrogens (tertiary/aromatic N) is 1. The smallest absolute Gasteiger partial charge is 0.234 e. The lowest BCUT2D eigenvalue weighted by atomic mass is 10.2. The van der Waals surface area contributed by atoms with Crippen LogP contribution in [0.15, 0.2) is 85.5 Å². The van der Waals surface area contributed by atoms with E-state index in [2.05, 4.69) is 26.2 Å². The number of ether oxygens (including phenoxy) is 2. The van der Waals surface area contributed by atoms with Gasteiger partial charge in [-0.05, 0) is 66.2 Å². The van der Waals surface area contributed by atoms with Gasteiger partial charge < -0.3 is 19.2 Å². The molecular formula is C23H16BrFN2O5S. The summed E-state index contributed by atoms with van der Waals surface area (Å²) < 4.78 is 57.3. The quantitative estimate of drug-likeness (QED) is 0.356. The lowest BCUT2D eigenvalue weighted by molar-refractivity contribution is 0.174. The van der Waals surface area contributed by atoms with Gasteiger partial charge in [0.1, 0.15) is 5.82 Å². The average Bonchev–Trinajstić information content (AvgIpc) is 3.45. The number of hydrogen-bond donors (Lipinski definition) is 1. The normalized spacial score (nSPS) is 12.7. The van der Waals surface area contributed by atoms with Crippen molar-refractivity contribution in [3.8, 4) is 23.0 Å². The molecule has 7 nitrogen and oxygen atoms in total. The Hall–Kier alpha value is -3.37. The molecule has 1 N–H and O–H groups in total. The summed E-state index contributed by atoms with van der Waals surface area (Å²) in [5.74, 6) is 0.875. The maximum absolute atomic E-state index is 13.4. The molecule has 168 valence electrons. The summed E-state index contributed by atoms with van der Waals surface area (Å²) in [5, 5.41) is 2.76. The number of hydrogen-bond acceptors (Lipinski definition) is 7. The first-order valence-corrected chi connectivity index (χ1v) is 12.1. The van der Waals surface area contributed by atoms with Gasteiger partial charge in [-0.3, -0.25) is 0 Å². The van der Waals surface area contributed by atoms with Crippen LogP contribution in [-0.4, -0.2) is 20.2 Å². The molecule has 33 heavy (non-hydrogen) atoms. The zero-order chi connectivity index (χ0) is 23.0. The van der Waals surface area contributed by atoms with Crippen LogP contribution in [0.4, 0.5) is 10.3 Å². The number of anilines is 1. The molecule has 0 bridgehead atoms. The fraction of sp³-hybridized carbons (Fsp3) is 0.0870. The van der Waals surface area contributed by atoms with E-state index in [-0.39, 0.29) is 35.0 Å². The summed E-state index contributed by atoms with van der Waals surface area (Å²) in [7, 11) is -4.00. The van der Waals surface area contributed by atoms with E-state index in [1.165, 1.54) is 36.4 Å². The summed E-state index contributed by atoms with van der Waals surface area (Å²) in [6.07, 6.45) is 0. The number of benzene rings is 3. The van der Waals surface area contributed by atoms with Crippen LogP contribution < -0.4 is 14.8 Å². The van der Waals surface area contributed by atoms with Crippen molar-refractivity contribution < 1.29 is 26.7 Å². The molecule has 0 amide bonds. The van der Waals surface area contributed by atoms with Crippen molar-refractivity contribution >= 4 is 31.7 Å². The molecule has 1 aliphatic rings. The predicted octanol–water partition coefficient (Wildman–Crippen LogP) is 5.42. The number of aromatic nitrogens is 1. The Labute approximate surface area is 197 Å². The van der Waals surface area contributed by atoms with Gasteiger partial charge in [-0.2, -0.15) is 4.98 Å². The van der Waals surface area contributed by atoms with E-state index in [9.17, 15) is 12.8 Å². The standard InChI is InChI=1S/C23H16BrFN2O5S/c24-16-4-8-18(9-5-16)33(28,29)23-22(32-21(27-23)15-2-6-17(25)7-3-15)26-12-14-1-10-19-20(11-14)31-13-30-19/h1-11,26H,12-13H2. The first kappa shape index (κ1) is 21.5. The third-order valence-electron chi connectivity index (χ3n) is 4.96. The summed E-state index contributed by atoms with van der Waals surface area (Å²) in [4.78, 5) is 4.32. The van der Waals surface area contributed by atoms with E-state index >= 15 is 0 Å². The molecule has 0 radical (unpaired) electrons. The first-order chi connectivity index (χ1) is 15.9. The number of oxazole rings is 1. The summed E-state index contributed by atoms with van der Waals surface area (Å²) in [6, 6.07) is 17.1. The molecule has 4 aromatic rings. The molecule has 10 heteroatoms. The second-order valence-corrected chi connectivity index (χ2v) is 9.94. The number of rotatable bonds is 6. The van der Waals surface area contributed by atoms with Crippen LogP contribution in [0.3, 0.4) is 0 Å². The Morgan fingerprint density at radius 3 is 2.45 bits per heavy atom. The van der Waals surface area contributed by atoms with Crippen molar-refractivity contribution in [3.05, 3.63) is 82.6 Å². The molecule has 0 saturated heterocycles. The van der Waals surface area contributed by atoms with Crippen LogP contribution in [0.5, 0.6) is 11.5 Å². The first-order valence-electron chi connectivity index (χ1n) is 9.80. The highest BCUT2D eigenvalue weighted by Gasteiger charge is 2.28. The summed E-state index contributed by atoms with van der Waals surface area (Å²) >= 11 is 3.30. The Morgan fingerprint density at radius 1 is 0.970 bits per heavy atom. The SMILES string of the molecule is O=S(=O)(c1ccc(Br)cc1)c1nc(-c2ccc(F)cc2)oc1NCc1ccc2c(c1)OCO2. The van der Waals surface area contributed by atoms with Crippen LogP contribution in [0.2, 0.25) is 0 Å². The van der Waals surface area contributed by atoms with Crippen molar-refractivity contribution in [3.63, 3.8) is 0 Å². The third-order valence-corrected chi connectivity index (χ3v) is 7.16. The monoisotopic (exact) mass is 530 g/mol. The fourth-order valence-electron chi connectivity index (χ4n) is 3.27. The van der Waals surface area contributed by atoms with E-state index < -0.39 is 15.7 Å². The molecule has 1 aromatic heterocycles. The number of halogens is 2. The van der Waals surface area contributed by atoms with Gasteiger partial charge in [-0.15, -0.1) is 0 Å². The van der Waals surface area contributed by atoms with E-state index in [4.69, 9.17) is 13.9 Å². The minimum absolute atomic E-state index is 0.0186. The summed E-state index contributed by atoms with van der Waals surface area (Å²) in [5.41, 5.74) is 1.27. The highest BCUT2D eigenvalue weighted by molar-refractivity contribution is 9.10. The molecule has 0 saturated carbocycles. The molecule has 0 spiro atoms. The molecular weight excluding hydrogens is 515 g/mol. The zero-order valence-electron chi connectivity index (χ0n) is 16.9. The second kappa shape index (κ2) is 8.53. The molecule has 3 aromatic carbocycles. The topological polar surface area (TPSA) is 90.7 Å². The molecule has 2 heterocycles. The molecule has 0 atom stereocenters. The van der Waals surface area contributed by atoms with E-state index in [0.717, 1.165) is 10.0 Å².